The van der Waals surface area contributed by atoms with E-state index in [4.69, 9.17) is 9.72 Å². The Kier molecular flexibility index (Phi) is 7.32. The van der Waals surface area contributed by atoms with Crippen LogP contribution in [-0.4, -0.2) is 33.4 Å². The van der Waals surface area contributed by atoms with Gasteiger partial charge in [0.15, 0.2) is 0 Å². The lowest BCUT2D eigenvalue weighted by Gasteiger charge is -2.13. The molecule has 1 heterocycles. The Hall–Kier alpha value is -3.71. The highest BCUT2D eigenvalue weighted by Crippen LogP contribution is 2.30. The summed E-state index contributed by atoms with van der Waals surface area (Å²) in [5, 5.41) is 11.8. The van der Waals surface area contributed by atoms with Crippen molar-refractivity contribution < 1.29 is 9.53 Å². The van der Waals surface area contributed by atoms with Gasteiger partial charge in [0.25, 0.3) is 0 Å². The smallest absolute Gasteiger partial charge is 0.233 e. The molecular formula is C26H24N4O2S. The first-order valence-corrected chi connectivity index (χ1v) is 11.4. The highest BCUT2D eigenvalue weighted by molar-refractivity contribution is 8.00. The summed E-state index contributed by atoms with van der Waals surface area (Å²) in [6.45, 7) is 2.28. The van der Waals surface area contributed by atoms with Crippen molar-refractivity contribution in [1.82, 2.24) is 20.5 Å². The number of thioether (sulfide) groups is 1. The van der Waals surface area contributed by atoms with Crippen LogP contribution in [0.15, 0.2) is 90.1 Å². The number of amides is 1. The lowest BCUT2D eigenvalue weighted by Crippen LogP contribution is -2.30. The average Bonchev–Trinajstić information content (AvgIpc) is 2.88. The van der Waals surface area contributed by atoms with Crippen molar-refractivity contribution in [1.29, 1.82) is 0 Å². The molecule has 0 fully saturated rings. The van der Waals surface area contributed by atoms with E-state index in [2.05, 4.69) is 15.5 Å². The van der Waals surface area contributed by atoms with Crippen molar-refractivity contribution >= 4 is 17.7 Å². The maximum Gasteiger partial charge on any atom is 0.233 e. The molecule has 0 saturated carbocycles. The van der Waals surface area contributed by atoms with Crippen LogP contribution in [0.3, 0.4) is 0 Å². The second kappa shape index (κ2) is 10.7. The first-order valence-electron chi connectivity index (χ1n) is 10.6. The van der Waals surface area contributed by atoms with E-state index in [0.29, 0.717) is 17.4 Å². The molecule has 1 atom stereocenters. The molecule has 0 bridgehead atoms. The number of hydrogen-bond acceptors (Lipinski definition) is 6. The maximum absolute atomic E-state index is 12.7. The Balaban J connectivity index is 1.49. The summed E-state index contributed by atoms with van der Waals surface area (Å²) in [5.74, 6) is 0.694. The number of nitrogens with zero attached hydrogens (tertiary/aromatic N) is 3. The molecule has 3 aromatic carbocycles. The zero-order chi connectivity index (χ0) is 23.0. The van der Waals surface area contributed by atoms with Crippen LogP contribution in [0.5, 0.6) is 5.75 Å². The molecule has 0 unspecified atom stereocenters. The molecule has 6 nitrogen and oxygen atoms in total. The van der Waals surface area contributed by atoms with Crippen LogP contribution in [0.25, 0.3) is 22.5 Å². The molecule has 1 aromatic heterocycles. The minimum absolute atomic E-state index is 0.0900. The van der Waals surface area contributed by atoms with Crippen LogP contribution < -0.4 is 10.1 Å². The van der Waals surface area contributed by atoms with Gasteiger partial charge in [-0.2, -0.15) is 0 Å². The van der Waals surface area contributed by atoms with Crippen LogP contribution in [0.1, 0.15) is 12.5 Å². The van der Waals surface area contributed by atoms with E-state index >= 15 is 0 Å². The predicted molar refractivity (Wildman–Crippen MR) is 131 cm³/mol. The Labute approximate surface area is 197 Å². The average molecular weight is 457 g/mol. The molecule has 0 aliphatic carbocycles. The first kappa shape index (κ1) is 22.5. The molecule has 7 heteroatoms. The third-order valence-electron chi connectivity index (χ3n) is 5.04. The van der Waals surface area contributed by atoms with Gasteiger partial charge in [-0.1, -0.05) is 84.6 Å². The zero-order valence-electron chi connectivity index (χ0n) is 18.4. The summed E-state index contributed by atoms with van der Waals surface area (Å²) < 4.78 is 5.17. The topological polar surface area (TPSA) is 77.0 Å². The molecule has 0 aliphatic heterocycles. The number of nitrogens with one attached hydrogen (secondary N) is 1. The van der Waals surface area contributed by atoms with Crippen LogP contribution >= 0.6 is 11.8 Å². The first-order chi connectivity index (χ1) is 16.1. The Morgan fingerprint density at radius 3 is 2.09 bits per heavy atom. The SMILES string of the molecule is COc1ccc(CNC(=O)[C@@H](C)Sc2nnc(-c3ccccc3)c(-c3ccccc3)n2)cc1. The maximum atomic E-state index is 12.7. The van der Waals surface area contributed by atoms with E-state index < -0.39 is 0 Å². The number of aromatic nitrogens is 3. The van der Waals surface area contributed by atoms with Crippen molar-refractivity contribution in [2.75, 3.05) is 7.11 Å². The van der Waals surface area contributed by atoms with Crippen molar-refractivity contribution in [3.8, 4) is 28.3 Å². The predicted octanol–water partition coefficient (Wildman–Crippen LogP) is 5.01. The van der Waals surface area contributed by atoms with Gasteiger partial charge < -0.3 is 10.1 Å². The standard InChI is InChI=1S/C26H24N4O2S/c1-18(25(31)27-17-19-13-15-22(32-2)16-14-19)33-26-28-23(20-9-5-3-6-10-20)24(29-30-26)21-11-7-4-8-12-21/h3-16,18H,17H2,1-2H3,(H,27,31)/t18-/m1/s1. The lowest BCUT2D eigenvalue weighted by molar-refractivity contribution is -0.120. The molecule has 4 aromatic rings. The molecule has 1 N–H and O–H groups in total. The minimum Gasteiger partial charge on any atom is -0.497 e. The summed E-state index contributed by atoms with van der Waals surface area (Å²) in [4.78, 5) is 17.4. The molecule has 0 spiro atoms. The van der Waals surface area contributed by atoms with Gasteiger partial charge in [-0.15, -0.1) is 10.2 Å². The van der Waals surface area contributed by atoms with E-state index in [9.17, 15) is 4.79 Å². The van der Waals surface area contributed by atoms with Crippen LogP contribution in [0, 0.1) is 0 Å². The van der Waals surface area contributed by atoms with Gasteiger partial charge in [-0.25, -0.2) is 4.98 Å². The highest BCUT2D eigenvalue weighted by Gasteiger charge is 2.19. The zero-order valence-corrected chi connectivity index (χ0v) is 19.3. The number of rotatable bonds is 8. The minimum atomic E-state index is -0.378. The molecule has 166 valence electrons. The van der Waals surface area contributed by atoms with Crippen molar-refractivity contribution in [3.05, 3.63) is 90.5 Å². The van der Waals surface area contributed by atoms with E-state index in [-0.39, 0.29) is 11.2 Å². The van der Waals surface area contributed by atoms with Gasteiger partial charge in [0.1, 0.15) is 17.1 Å². The van der Waals surface area contributed by atoms with Crippen molar-refractivity contribution in [2.24, 2.45) is 0 Å². The van der Waals surface area contributed by atoms with Crippen LogP contribution in [-0.2, 0) is 11.3 Å². The second-order valence-electron chi connectivity index (χ2n) is 7.35. The van der Waals surface area contributed by atoms with Crippen molar-refractivity contribution in [2.45, 2.75) is 23.9 Å². The van der Waals surface area contributed by atoms with Crippen molar-refractivity contribution in [3.63, 3.8) is 0 Å². The monoisotopic (exact) mass is 456 g/mol. The van der Waals surface area contributed by atoms with Gasteiger partial charge in [0.05, 0.1) is 12.4 Å². The molecule has 0 aliphatic rings. The largest absolute Gasteiger partial charge is 0.497 e. The number of methoxy groups -OCH3 is 1. The number of ether oxygens (including phenoxy) is 1. The Bertz CT molecular complexity index is 1200. The van der Waals surface area contributed by atoms with Gasteiger partial charge in [0.2, 0.25) is 11.1 Å². The third kappa shape index (κ3) is 5.75. The number of hydrogen-bond donors (Lipinski definition) is 1. The normalized spacial score (nSPS) is 11.6. The summed E-state index contributed by atoms with van der Waals surface area (Å²) in [6.07, 6.45) is 0. The molecule has 0 saturated heterocycles. The molecule has 0 radical (unpaired) electrons. The van der Waals surface area contributed by atoms with Gasteiger partial charge in [-0.05, 0) is 24.6 Å². The van der Waals surface area contributed by atoms with E-state index in [1.807, 2.05) is 91.9 Å². The van der Waals surface area contributed by atoms with E-state index in [1.54, 1.807) is 7.11 Å². The molecular weight excluding hydrogens is 432 g/mol. The van der Waals surface area contributed by atoms with Crippen LogP contribution in [0.2, 0.25) is 0 Å². The highest BCUT2D eigenvalue weighted by atomic mass is 32.2. The fraction of sp³-hybridized carbons (Fsp3) is 0.154. The summed E-state index contributed by atoms with van der Waals surface area (Å²) >= 11 is 1.29. The Morgan fingerprint density at radius 2 is 1.48 bits per heavy atom. The van der Waals surface area contributed by atoms with Crippen LogP contribution in [0.4, 0.5) is 0 Å². The van der Waals surface area contributed by atoms with Gasteiger partial charge >= 0.3 is 0 Å². The van der Waals surface area contributed by atoms with Gasteiger partial charge in [-0.3, -0.25) is 4.79 Å². The number of carbonyl (C=O) groups is 1. The summed E-state index contributed by atoms with van der Waals surface area (Å²) in [7, 11) is 1.63. The molecule has 4 rings (SSSR count). The number of benzene rings is 3. The summed E-state index contributed by atoms with van der Waals surface area (Å²) in [6, 6.07) is 27.4. The molecule has 1 amide bonds. The fourth-order valence-corrected chi connectivity index (χ4v) is 3.98. The molecule has 33 heavy (non-hydrogen) atoms. The quantitative estimate of drug-likeness (QED) is 0.376. The second-order valence-corrected chi connectivity index (χ2v) is 8.66. The fourth-order valence-electron chi connectivity index (χ4n) is 3.24. The number of carbonyl (C=O) groups excluding carboxylic acids is 1. The van der Waals surface area contributed by atoms with Gasteiger partial charge in [0, 0.05) is 17.7 Å². The van der Waals surface area contributed by atoms with E-state index in [0.717, 1.165) is 28.1 Å². The third-order valence-corrected chi connectivity index (χ3v) is 5.99. The van der Waals surface area contributed by atoms with E-state index in [1.165, 1.54) is 11.8 Å². The Morgan fingerprint density at radius 1 is 0.879 bits per heavy atom. The lowest BCUT2D eigenvalue weighted by atomic mass is 10.0. The summed E-state index contributed by atoms with van der Waals surface area (Å²) in [5.41, 5.74) is 4.34.